The van der Waals surface area contributed by atoms with Crippen LogP contribution < -0.4 is 4.74 Å². The first kappa shape index (κ1) is 32.3. The molecule has 0 unspecified atom stereocenters. The van der Waals surface area contributed by atoms with Crippen LogP contribution >= 0.6 is 0 Å². The first-order chi connectivity index (χ1) is 20.7. The molecule has 1 fully saturated rings. The van der Waals surface area contributed by atoms with Crippen LogP contribution in [0.1, 0.15) is 70.6 Å². The minimum absolute atomic E-state index is 0.178. The third kappa shape index (κ3) is 8.73. The van der Waals surface area contributed by atoms with Crippen LogP contribution in [0, 0.1) is 16.7 Å². The number of rotatable bonds is 8. The minimum atomic E-state index is -0.724. The molecule has 1 amide bonds. The predicted molar refractivity (Wildman–Crippen MR) is 165 cm³/mol. The van der Waals surface area contributed by atoms with Crippen molar-refractivity contribution in [3.05, 3.63) is 77.4 Å². The largest absolute Gasteiger partial charge is 0.489 e. The first-order valence-corrected chi connectivity index (χ1v) is 14.7. The highest BCUT2D eigenvalue weighted by molar-refractivity contribution is 5.85. The molecule has 0 aromatic heterocycles. The van der Waals surface area contributed by atoms with E-state index >= 15 is 0 Å². The quantitative estimate of drug-likeness (QED) is 0.212. The van der Waals surface area contributed by atoms with Crippen molar-refractivity contribution in [2.24, 2.45) is 5.41 Å². The number of benzene rings is 3. The number of hydrogen-bond donors (Lipinski definition) is 0. The van der Waals surface area contributed by atoms with Crippen molar-refractivity contribution in [1.82, 2.24) is 4.90 Å². The van der Waals surface area contributed by atoms with Crippen LogP contribution in [0.5, 0.6) is 5.75 Å². The zero-order valence-corrected chi connectivity index (χ0v) is 26.2. The summed E-state index contributed by atoms with van der Waals surface area (Å²) in [5.74, 6) is -1.08. The van der Waals surface area contributed by atoms with Gasteiger partial charge in [-0.1, -0.05) is 36.4 Å². The normalized spacial score (nSPS) is 15.8. The van der Waals surface area contributed by atoms with Gasteiger partial charge in [0.2, 0.25) is 6.79 Å². The summed E-state index contributed by atoms with van der Waals surface area (Å²) in [6.45, 7) is 11.2. The molecule has 4 rings (SSSR count). The van der Waals surface area contributed by atoms with E-state index in [1.807, 2.05) is 63.2 Å². The monoisotopic (exact) mass is 600 g/mol. The Hall–Kier alpha value is -4.58. The summed E-state index contributed by atoms with van der Waals surface area (Å²) < 4.78 is 22.2. The number of esters is 2. The highest BCUT2D eigenvalue weighted by Crippen LogP contribution is 2.28. The Morgan fingerprint density at radius 1 is 0.932 bits per heavy atom. The molecular formula is C35H40N2O7. The fourth-order valence-corrected chi connectivity index (χ4v) is 4.81. The molecule has 1 aliphatic rings. The zero-order chi connectivity index (χ0) is 32.1. The molecule has 9 heteroatoms. The van der Waals surface area contributed by atoms with E-state index in [1.54, 1.807) is 43.9 Å². The van der Waals surface area contributed by atoms with Gasteiger partial charge in [0.05, 0.1) is 29.5 Å². The highest BCUT2D eigenvalue weighted by atomic mass is 16.7. The van der Waals surface area contributed by atoms with E-state index in [9.17, 15) is 19.6 Å². The molecule has 0 saturated carbocycles. The molecule has 1 aliphatic heterocycles. The smallest absolute Gasteiger partial charge is 0.410 e. The fourth-order valence-electron chi connectivity index (χ4n) is 4.81. The van der Waals surface area contributed by atoms with Gasteiger partial charge >= 0.3 is 18.0 Å². The zero-order valence-electron chi connectivity index (χ0n) is 26.2. The third-order valence-corrected chi connectivity index (χ3v) is 7.14. The maximum Gasteiger partial charge on any atom is 0.410 e. The van der Waals surface area contributed by atoms with Crippen LogP contribution in [0.15, 0.2) is 60.7 Å². The van der Waals surface area contributed by atoms with Crippen molar-refractivity contribution in [2.75, 3.05) is 19.9 Å². The Balaban J connectivity index is 1.48. The number of nitrogens with zero attached hydrogens (tertiary/aromatic N) is 2. The van der Waals surface area contributed by atoms with Gasteiger partial charge in [0, 0.05) is 13.0 Å². The number of fused-ring (bicyclic) bond motifs is 1. The van der Waals surface area contributed by atoms with Gasteiger partial charge in [-0.05, 0) is 94.1 Å². The van der Waals surface area contributed by atoms with Crippen molar-refractivity contribution in [1.29, 1.82) is 5.26 Å². The number of amides is 1. The molecule has 3 aromatic carbocycles. The summed E-state index contributed by atoms with van der Waals surface area (Å²) in [7, 11) is 0. The Kier molecular flexibility index (Phi) is 9.83. The Morgan fingerprint density at radius 2 is 1.64 bits per heavy atom. The topological polar surface area (TPSA) is 115 Å². The van der Waals surface area contributed by atoms with Crippen molar-refractivity contribution < 1.29 is 33.3 Å². The van der Waals surface area contributed by atoms with Gasteiger partial charge in [0.1, 0.15) is 17.5 Å². The lowest BCUT2D eigenvalue weighted by Gasteiger charge is -2.24. The minimum Gasteiger partial charge on any atom is -0.489 e. The van der Waals surface area contributed by atoms with E-state index < -0.39 is 35.7 Å². The van der Waals surface area contributed by atoms with Gasteiger partial charge in [-0.3, -0.25) is 9.59 Å². The summed E-state index contributed by atoms with van der Waals surface area (Å²) in [5.41, 5.74) is 0.855. The molecule has 3 aromatic rings. The standard InChI is InChI=1S/C35H40N2O7/c1-34(2,3)32(39)42-22-41-31(38)30(19-23-7-9-25-10-8-24(20-36)18-27(25)17-23)26-11-13-28(14-12-26)43-29-15-16-37(21-29)33(40)44-35(4,5)6/h7-14,17-18,29-30H,15-16,19,21-22H2,1-6H3/t29-,30-/m0/s1. The molecule has 9 nitrogen and oxygen atoms in total. The molecule has 0 N–H and O–H groups in total. The highest BCUT2D eigenvalue weighted by Gasteiger charge is 2.31. The van der Waals surface area contributed by atoms with Gasteiger partial charge in [-0.25, -0.2) is 4.79 Å². The van der Waals surface area contributed by atoms with Crippen molar-refractivity contribution in [3.8, 4) is 11.8 Å². The molecule has 232 valence electrons. The summed E-state index contributed by atoms with van der Waals surface area (Å²) in [6, 6.07) is 20.7. The third-order valence-electron chi connectivity index (χ3n) is 7.14. The van der Waals surface area contributed by atoms with Crippen LogP contribution in [0.4, 0.5) is 4.79 Å². The number of carbonyl (C=O) groups excluding carboxylic acids is 3. The van der Waals surface area contributed by atoms with E-state index in [2.05, 4.69) is 6.07 Å². The molecule has 1 saturated heterocycles. The Morgan fingerprint density at radius 3 is 2.30 bits per heavy atom. The number of likely N-dealkylation sites (tertiary alicyclic amines) is 1. The molecule has 2 atom stereocenters. The van der Waals surface area contributed by atoms with Crippen LogP contribution in [-0.2, 0) is 30.2 Å². The predicted octanol–water partition coefficient (Wildman–Crippen LogP) is 6.52. The lowest BCUT2D eigenvalue weighted by atomic mass is 9.91. The van der Waals surface area contributed by atoms with Crippen LogP contribution in [0.25, 0.3) is 10.8 Å². The molecule has 0 aliphatic carbocycles. The van der Waals surface area contributed by atoms with Crippen LogP contribution in [-0.4, -0.2) is 54.5 Å². The van der Waals surface area contributed by atoms with Crippen molar-refractivity contribution in [2.45, 2.75) is 72.0 Å². The number of carbonyl (C=O) groups is 3. The fraction of sp³-hybridized carbons (Fsp3) is 0.429. The molecule has 0 bridgehead atoms. The summed E-state index contributed by atoms with van der Waals surface area (Å²) in [5, 5.41) is 11.2. The SMILES string of the molecule is CC(C)(C)OC(=O)N1CC[C@H](Oc2ccc([C@H](Cc3ccc4ccc(C#N)cc4c3)C(=O)OCOC(=O)C(C)(C)C)cc2)C1. The number of ether oxygens (including phenoxy) is 4. The summed E-state index contributed by atoms with van der Waals surface area (Å²) >= 11 is 0. The van der Waals surface area contributed by atoms with Gasteiger partial charge < -0.3 is 23.8 Å². The van der Waals surface area contributed by atoms with Gasteiger partial charge in [0.15, 0.2) is 0 Å². The van der Waals surface area contributed by atoms with E-state index in [-0.39, 0.29) is 12.2 Å². The second-order valence-electron chi connectivity index (χ2n) is 13.1. The maximum atomic E-state index is 13.4. The first-order valence-electron chi connectivity index (χ1n) is 14.7. The maximum absolute atomic E-state index is 13.4. The van der Waals surface area contributed by atoms with Crippen molar-refractivity contribution >= 4 is 28.8 Å². The number of hydrogen-bond acceptors (Lipinski definition) is 8. The Labute approximate surface area is 258 Å². The van der Waals surface area contributed by atoms with Gasteiger partial charge in [-0.15, -0.1) is 0 Å². The summed E-state index contributed by atoms with van der Waals surface area (Å²) in [4.78, 5) is 39.6. The number of nitriles is 1. The lowest BCUT2D eigenvalue weighted by molar-refractivity contribution is -0.174. The second-order valence-corrected chi connectivity index (χ2v) is 13.1. The van der Waals surface area contributed by atoms with E-state index in [0.717, 1.165) is 16.3 Å². The molecule has 44 heavy (non-hydrogen) atoms. The van der Waals surface area contributed by atoms with Gasteiger partial charge in [0.25, 0.3) is 0 Å². The average molecular weight is 601 g/mol. The molecule has 1 heterocycles. The van der Waals surface area contributed by atoms with Crippen molar-refractivity contribution in [3.63, 3.8) is 0 Å². The van der Waals surface area contributed by atoms with E-state index in [1.165, 1.54) is 0 Å². The van der Waals surface area contributed by atoms with Crippen LogP contribution in [0.3, 0.4) is 0 Å². The van der Waals surface area contributed by atoms with Crippen LogP contribution in [0.2, 0.25) is 0 Å². The average Bonchev–Trinajstić information content (AvgIpc) is 3.43. The molecule has 0 radical (unpaired) electrons. The summed E-state index contributed by atoms with van der Waals surface area (Å²) in [6.07, 6.45) is 0.471. The molecular weight excluding hydrogens is 560 g/mol. The second kappa shape index (κ2) is 13.4. The van der Waals surface area contributed by atoms with Gasteiger partial charge in [-0.2, -0.15) is 5.26 Å². The van der Waals surface area contributed by atoms with E-state index in [4.69, 9.17) is 18.9 Å². The Bertz CT molecular complexity index is 1540. The lowest BCUT2D eigenvalue weighted by Crippen LogP contribution is -2.36. The van der Waals surface area contributed by atoms with E-state index in [0.29, 0.717) is 42.8 Å². The molecule has 0 spiro atoms.